The number of aryl methyl sites for hydroxylation is 1. The van der Waals surface area contributed by atoms with Gasteiger partial charge in [-0.15, -0.1) is 0 Å². The lowest BCUT2D eigenvalue weighted by Crippen LogP contribution is -1.76. The van der Waals surface area contributed by atoms with Crippen LogP contribution in [0.1, 0.15) is 11.1 Å². The molecule has 0 saturated heterocycles. The average Bonchev–Trinajstić information content (AvgIpc) is 2.66. The molecule has 0 fully saturated rings. The Balaban J connectivity index is 2.61. The highest BCUT2D eigenvalue weighted by Gasteiger charge is 2.10. The first kappa shape index (κ1) is 8.99. The minimum Gasteiger partial charge on any atom is -0.456 e. The molecule has 0 saturated carbocycles. The van der Waals surface area contributed by atoms with E-state index in [1.165, 1.54) is 5.56 Å². The maximum absolute atomic E-state index is 9.09. The molecule has 1 aromatic heterocycles. The largest absolute Gasteiger partial charge is 0.456 e. The molecule has 16 heavy (non-hydrogen) atoms. The molecule has 0 spiro atoms. The molecule has 0 aliphatic rings. The van der Waals surface area contributed by atoms with E-state index in [9.17, 15) is 0 Å². The monoisotopic (exact) mass is 207 g/mol. The van der Waals surface area contributed by atoms with Gasteiger partial charge in [0, 0.05) is 10.8 Å². The smallest absolute Gasteiger partial charge is 0.136 e. The molecule has 2 nitrogen and oxygen atoms in total. The highest BCUT2D eigenvalue weighted by molar-refractivity contribution is 6.07. The molecular formula is C14H9NO. The van der Waals surface area contributed by atoms with Gasteiger partial charge in [-0.05, 0) is 31.2 Å². The molecule has 0 aliphatic carbocycles. The van der Waals surface area contributed by atoms with Crippen LogP contribution in [0.25, 0.3) is 21.9 Å². The first-order chi connectivity index (χ1) is 7.79. The Labute approximate surface area is 92.7 Å². The first-order valence-electron chi connectivity index (χ1n) is 5.11. The predicted octanol–water partition coefficient (Wildman–Crippen LogP) is 3.77. The van der Waals surface area contributed by atoms with E-state index >= 15 is 0 Å². The summed E-state index contributed by atoms with van der Waals surface area (Å²) in [5.41, 5.74) is 3.45. The standard InChI is InChI=1S/C14H9NO/c1-9-5-6-12-11(7-9)14-10(8-15)3-2-4-13(14)16-12/h2-7H,1H3. The van der Waals surface area contributed by atoms with Crippen molar-refractivity contribution < 1.29 is 4.42 Å². The first-order valence-corrected chi connectivity index (χ1v) is 5.11. The average molecular weight is 207 g/mol. The van der Waals surface area contributed by atoms with E-state index in [1.807, 2.05) is 37.3 Å². The van der Waals surface area contributed by atoms with Crippen molar-refractivity contribution in [1.82, 2.24) is 0 Å². The lowest BCUT2D eigenvalue weighted by Gasteiger charge is -1.93. The third-order valence-corrected chi connectivity index (χ3v) is 2.77. The molecule has 0 unspecified atom stereocenters. The topological polar surface area (TPSA) is 36.9 Å². The van der Waals surface area contributed by atoms with E-state index in [4.69, 9.17) is 9.68 Å². The van der Waals surface area contributed by atoms with Crippen molar-refractivity contribution in [3.05, 3.63) is 47.5 Å². The quantitative estimate of drug-likeness (QED) is 0.562. The fourth-order valence-corrected chi connectivity index (χ4v) is 2.03. The molecule has 0 radical (unpaired) electrons. The van der Waals surface area contributed by atoms with Crippen LogP contribution in [0.2, 0.25) is 0 Å². The molecule has 76 valence electrons. The van der Waals surface area contributed by atoms with Crippen molar-refractivity contribution in [1.29, 1.82) is 5.26 Å². The summed E-state index contributed by atoms with van der Waals surface area (Å²) in [6, 6.07) is 13.8. The molecular weight excluding hydrogens is 198 g/mol. The van der Waals surface area contributed by atoms with Crippen LogP contribution in [0, 0.1) is 18.3 Å². The van der Waals surface area contributed by atoms with E-state index in [0.717, 1.165) is 21.9 Å². The van der Waals surface area contributed by atoms with Crippen LogP contribution in [0.4, 0.5) is 0 Å². The Morgan fingerprint density at radius 3 is 2.81 bits per heavy atom. The fraction of sp³-hybridized carbons (Fsp3) is 0.0714. The molecule has 3 aromatic rings. The summed E-state index contributed by atoms with van der Waals surface area (Å²) in [4.78, 5) is 0. The van der Waals surface area contributed by atoms with E-state index in [-0.39, 0.29) is 0 Å². The van der Waals surface area contributed by atoms with Gasteiger partial charge in [0.2, 0.25) is 0 Å². The van der Waals surface area contributed by atoms with Crippen LogP contribution in [0.3, 0.4) is 0 Å². The fourth-order valence-electron chi connectivity index (χ4n) is 2.03. The van der Waals surface area contributed by atoms with Crippen molar-refractivity contribution in [3.8, 4) is 6.07 Å². The second kappa shape index (κ2) is 3.11. The van der Waals surface area contributed by atoms with Crippen molar-refractivity contribution >= 4 is 21.9 Å². The van der Waals surface area contributed by atoms with Gasteiger partial charge in [0.25, 0.3) is 0 Å². The minimum atomic E-state index is 0.668. The highest BCUT2D eigenvalue weighted by atomic mass is 16.3. The second-order valence-electron chi connectivity index (χ2n) is 3.89. The molecule has 2 heteroatoms. The number of nitriles is 1. The highest BCUT2D eigenvalue weighted by Crippen LogP contribution is 2.31. The maximum atomic E-state index is 9.09. The Morgan fingerprint density at radius 2 is 2.00 bits per heavy atom. The van der Waals surface area contributed by atoms with Gasteiger partial charge in [-0.2, -0.15) is 5.26 Å². The predicted molar refractivity (Wildman–Crippen MR) is 63.2 cm³/mol. The maximum Gasteiger partial charge on any atom is 0.136 e. The zero-order valence-corrected chi connectivity index (χ0v) is 8.82. The summed E-state index contributed by atoms with van der Waals surface area (Å²) in [7, 11) is 0. The molecule has 0 bridgehead atoms. The van der Waals surface area contributed by atoms with Gasteiger partial charge in [-0.3, -0.25) is 0 Å². The summed E-state index contributed by atoms with van der Waals surface area (Å²) in [5, 5.41) is 11.0. The lowest BCUT2D eigenvalue weighted by atomic mass is 10.1. The molecule has 0 amide bonds. The Morgan fingerprint density at radius 1 is 1.12 bits per heavy atom. The zero-order chi connectivity index (χ0) is 11.1. The summed E-state index contributed by atoms with van der Waals surface area (Å²) in [6.07, 6.45) is 0. The van der Waals surface area contributed by atoms with E-state index < -0.39 is 0 Å². The molecule has 0 N–H and O–H groups in total. The van der Waals surface area contributed by atoms with Crippen molar-refractivity contribution in [2.24, 2.45) is 0 Å². The van der Waals surface area contributed by atoms with Crippen LogP contribution < -0.4 is 0 Å². The number of hydrogen-bond acceptors (Lipinski definition) is 2. The van der Waals surface area contributed by atoms with Gasteiger partial charge < -0.3 is 4.42 Å². The van der Waals surface area contributed by atoms with Crippen molar-refractivity contribution in [2.45, 2.75) is 6.92 Å². The van der Waals surface area contributed by atoms with Crippen molar-refractivity contribution in [2.75, 3.05) is 0 Å². The van der Waals surface area contributed by atoms with Gasteiger partial charge in [0.15, 0.2) is 0 Å². The van der Waals surface area contributed by atoms with Gasteiger partial charge in [-0.25, -0.2) is 0 Å². The van der Waals surface area contributed by atoms with Gasteiger partial charge in [-0.1, -0.05) is 17.7 Å². The Bertz CT molecular complexity index is 731. The SMILES string of the molecule is Cc1ccc2oc3cccc(C#N)c3c2c1. The number of rotatable bonds is 0. The molecule has 2 aromatic carbocycles. The van der Waals surface area contributed by atoms with Crippen LogP contribution in [-0.4, -0.2) is 0 Å². The van der Waals surface area contributed by atoms with Crippen LogP contribution in [0.5, 0.6) is 0 Å². The number of benzene rings is 2. The van der Waals surface area contributed by atoms with Crippen LogP contribution in [-0.2, 0) is 0 Å². The number of furan rings is 1. The van der Waals surface area contributed by atoms with Crippen molar-refractivity contribution in [3.63, 3.8) is 0 Å². The lowest BCUT2D eigenvalue weighted by molar-refractivity contribution is 0.669. The summed E-state index contributed by atoms with van der Waals surface area (Å²) >= 11 is 0. The van der Waals surface area contributed by atoms with Crippen LogP contribution >= 0.6 is 0 Å². The Kier molecular flexibility index (Phi) is 1.75. The third kappa shape index (κ3) is 1.12. The van der Waals surface area contributed by atoms with E-state index in [0.29, 0.717) is 5.56 Å². The normalized spacial score (nSPS) is 10.8. The van der Waals surface area contributed by atoms with E-state index in [2.05, 4.69) is 12.1 Å². The van der Waals surface area contributed by atoms with Gasteiger partial charge in [0.05, 0.1) is 11.6 Å². The molecule has 0 atom stereocenters. The van der Waals surface area contributed by atoms with Gasteiger partial charge >= 0.3 is 0 Å². The van der Waals surface area contributed by atoms with Gasteiger partial charge in [0.1, 0.15) is 11.2 Å². The number of nitrogens with zero attached hydrogens (tertiary/aromatic N) is 1. The summed E-state index contributed by atoms with van der Waals surface area (Å²) in [6.45, 7) is 2.03. The number of hydrogen-bond donors (Lipinski definition) is 0. The van der Waals surface area contributed by atoms with Crippen LogP contribution in [0.15, 0.2) is 40.8 Å². The molecule has 3 rings (SSSR count). The number of fused-ring (bicyclic) bond motifs is 3. The van der Waals surface area contributed by atoms with E-state index in [1.54, 1.807) is 0 Å². The summed E-state index contributed by atoms with van der Waals surface area (Å²) < 4.78 is 5.70. The molecule has 0 aliphatic heterocycles. The zero-order valence-electron chi connectivity index (χ0n) is 8.82. The third-order valence-electron chi connectivity index (χ3n) is 2.77. The molecule has 1 heterocycles. The second-order valence-corrected chi connectivity index (χ2v) is 3.89. The summed E-state index contributed by atoms with van der Waals surface area (Å²) in [5.74, 6) is 0. The minimum absolute atomic E-state index is 0.668. The Hall–Kier alpha value is -2.27.